The molecular formula is C22H13NO6. The number of esters is 2. The minimum absolute atomic E-state index is 0.00808. The van der Waals surface area contributed by atoms with Crippen molar-refractivity contribution in [1.29, 1.82) is 0 Å². The van der Waals surface area contributed by atoms with Crippen molar-refractivity contribution in [3.63, 3.8) is 0 Å². The second-order valence-electron chi connectivity index (χ2n) is 6.13. The standard InChI is InChI=1S/C22H13NO6/c24-19-15-11-17(21(26)28-13-7-3-1-4-8-13)18(12-16(15)20(25)23-19)22(27)29-14-9-5-2-6-10-14/h1-12H,(H,23,24,25). The molecular weight excluding hydrogens is 374 g/mol. The van der Waals surface area contributed by atoms with Gasteiger partial charge in [0, 0.05) is 0 Å². The van der Waals surface area contributed by atoms with Crippen molar-refractivity contribution >= 4 is 23.8 Å². The second-order valence-corrected chi connectivity index (χ2v) is 6.13. The van der Waals surface area contributed by atoms with Crippen LogP contribution in [0.5, 0.6) is 11.5 Å². The van der Waals surface area contributed by atoms with Crippen molar-refractivity contribution in [2.24, 2.45) is 0 Å². The summed E-state index contributed by atoms with van der Waals surface area (Å²) < 4.78 is 10.6. The number of hydrogen-bond acceptors (Lipinski definition) is 6. The van der Waals surface area contributed by atoms with Crippen molar-refractivity contribution < 1.29 is 28.7 Å². The molecule has 0 unspecified atom stereocenters. The molecule has 2 amide bonds. The number of imide groups is 1. The molecule has 0 atom stereocenters. The summed E-state index contributed by atoms with van der Waals surface area (Å²) >= 11 is 0. The van der Waals surface area contributed by atoms with E-state index in [1.54, 1.807) is 60.7 Å². The van der Waals surface area contributed by atoms with Gasteiger partial charge in [0.25, 0.3) is 11.8 Å². The zero-order valence-electron chi connectivity index (χ0n) is 14.9. The number of benzene rings is 3. The highest BCUT2D eigenvalue weighted by Gasteiger charge is 2.32. The maximum absolute atomic E-state index is 12.7. The summed E-state index contributed by atoms with van der Waals surface area (Å²) in [4.78, 5) is 49.4. The molecule has 0 saturated heterocycles. The van der Waals surface area contributed by atoms with Crippen LogP contribution >= 0.6 is 0 Å². The zero-order chi connectivity index (χ0) is 20.4. The van der Waals surface area contributed by atoms with Gasteiger partial charge < -0.3 is 9.47 Å². The SMILES string of the molecule is O=C1NC(=O)c2cc(C(=O)Oc3ccccc3)c(C(=O)Oc3ccccc3)cc21. The van der Waals surface area contributed by atoms with Crippen LogP contribution in [0.3, 0.4) is 0 Å². The predicted molar refractivity (Wildman–Crippen MR) is 101 cm³/mol. The lowest BCUT2D eigenvalue weighted by Gasteiger charge is -2.11. The Morgan fingerprint density at radius 3 is 1.38 bits per heavy atom. The third kappa shape index (κ3) is 3.61. The van der Waals surface area contributed by atoms with Crippen LogP contribution in [-0.2, 0) is 0 Å². The summed E-state index contributed by atoms with van der Waals surface area (Å²) in [6.07, 6.45) is 0. The fraction of sp³-hybridized carbons (Fsp3) is 0. The van der Waals surface area contributed by atoms with Crippen LogP contribution in [0.25, 0.3) is 0 Å². The Morgan fingerprint density at radius 2 is 1.00 bits per heavy atom. The summed E-state index contributed by atoms with van der Waals surface area (Å²) in [5, 5.41) is 2.13. The molecule has 0 aromatic heterocycles. The first-order valence-electron chi connectivity index (χ1n) is 8.61. The first kappa shape index (κ1) is 18.1. The van der Waals surface area contributed by atoms with Gasteiger partial charge in [0.05, 0.1) is 22.3 Å². The highest BCUT2D eigenvalue weighted by molar-refractivity contribution is 6.23. The fourth-order valence-corrected chi connectivity index (χ4v) is 2.85. The van der Waals surface area contributed by atoms with Crippen LogP contribution in [0, 0.1) is 0 Å². The van der Waals surface area contributed by atoms with E-state index in [0.717, 1.165) is 0 Å². The number of hydrogen-bond donors (Lipinski definition) is 1. The van der Waals surface area contributed by atoms with Gasteiger partial charge in [-0.25, -0.2) is 9.59 Å². The van der Waals surface area contributed by atoms with Crippen LogP contribution in [-0.4, -0.2) is 23.8 Å². The summed E-state index contributed by atoms with van der Waals surface area (Å²) in [5.41, 5.74) is -0.380. The van der Waals surface area contributed by atoms with Gasteiger partial charge in [-0.05, 0) is 36.4 Å². The molecule has 0 bridgehead atoms. The molecule has 1 heterocycles. The van der Waals surface area contributed by atoms with E-state index < -0.39 is 23.8 Å². The van der Waals surface area contributed by atoms with Crippen molar-refractivity contribution in [3.8, 4) is 11.5 Å². The number of carbonyl (C=O) groups excluding carboxylic acids is 4. The molecule has 4 rings (SSSR count). The second kappa shape index (κ2) is 7.40. The van der Waals surface area contributed by atoms with Crippen LogP contribution in [0.15, 0.2) is 72.8 Å². The molecule has 0 fully saturated rings. The smallest absolute Gasteiger partial charge is 0.344 e. The van der Waals surface area contributed by atoms with E-state index in [2.05, 4.69) is 5.32 Å². The van der Waals surface area contributed by atoms with Gasteiger partial charge in [-0.15, -0.1) is 0 Å². The van der Waals surface area contributed by atoms with Crippen molar-refractivity contribution in [3.05, 3.63) is 95.1 Å². The Morgan fingerprint density at radius 1 is 0.621 bits per heavy atom. The first-order chi connectivity index (χ1) is 14.0. The Bertz CT molecular complexity index is 1050. The molecule has 7 heteroatoms. The lowest BCUT2D eigenvalue weighted by molar-refractivity contribution is 0.0691. The maximum Gasteiger partial charge on any atom is 0.344 e. The van der Waals surface area contributed by atoms with Gasteiger partial charge in [0.1, 0.15) is 11.5 Å². The average molecular weight is 387 g/mol. The van der Waals surface area contributed by atoms with Crippen LogP contribution in [0.2, 0.25) is 0 Å². The molecule has 3 aromatic rings. The number of carbonyl (C=O) groups is 4. The molecule has 142 valence electrons. The molecule has 1 aliphatic rings. The number of ether oxygens (including phenoxy) is 2. The van der Waals surface area contributed by atoms with Gasteiger partial charge in [-0.1, -0.05) is 36.4 Å². The molecule has 3 aromatic carbocycles. The molecule has 7 nitrogen and oxygen atoms in total. The Hall–Kier alpha value is -4.26. The first-order valence-corrected chi connectivity index (χ1v) is 8.61. The number of para-hydroxylation sites is 2. The van der Waals surface area contributed by atoms with Crippen LogP contribution in [0.4, 0.5) is 0 Å². The van der Waals surface area contributed by atoms with E-state index in [1.165, 1.54) is 12.1 Å². The largest absolute Gasteiger partial charge is 0.423 e. The Kier molecular flexibility index (Phi) is 4.62. The summed E-state index contributed by atoms with van der Waals surface area (Å²) in [7, 11) is 0. The number of nitrogens with one attached hydrogen (secondary N) is 1. The Labute approximate surface area is 164 Å². The molecule has 0 radical (unpaired) electrons. The van der Waals surface area contributed by atoms with Gasteiger partial charge >= 0.3 is 11.9 Å². The molecule has 0 spiro atoms. The topological polar surface area (TPSA) is 98.8 Å². The summed E-state index contributed by atoms with van der Waals surface area (Å²) in [5.74, 6) is -2.48. The number of rotatable bonds is 4. The normalized spacial score (nSPS) is 12.1. The lowest BCUT2D eigenvalue weighted by atomic mass is 9.99. The van der Waals surface area contributed by atoms with Gasteiger partial charge in [0.15, 0.2) is 0 Å². The minimum Gasteiger partial charge on any atom is -0.423 e. The molecule has 0 aliphatic carbocycles. The van der Waals surface area contributed by atoms with E-state index in [0.29, 0.717) is 0 Å². The van der Waals surface area contributed by atoms with Gasteiger partial charge in [0.2, 0.25) is 0 Å². The highest BCUT2D eigenvalue weighted by Crippen LogP contribution is 2.24. The monoisotopic (exact) mass is 387 g/mol. The molecule has 0 saturated carbocycles. The maximum atomic E-state index is 12.7. The summed E-state index contributed by atoms with van der Waals surface area (Å²) in [6, 6.07) is 18.9. The third-order valence-corrected chi connectivity index (χ3v) is 4.22. The van der Waals surface area contributed by atoms with Crippen LogP contribution in [0.1, 0.15) is 41.4 Å². The summed E-state index contributed by atoms with van der Waals surface area (Å²) in [6.45, 7) is 0. The van der Waals surface area contributed by atoms with E-state index >= 15 is 0 Å². The third-order valence-electron chi connectivity index (χ3n) is 4.22. The van der Waals surface area contributed by atoms with Crippen molar-refractivity contribution in [2.45, 2.75) is 0 Å². The Balaban J connectivity index is 1.75. The van der Waals surface area contributed by atoms with E-state index in [-0.39, 0.29) is 33.8 Å². The van der Waals surface area contributed by atoms with Crippen LogP contribution < -0.4 is 14.8 Å². The van der Waals surface area contributed by atoms with Crippen molar-refractivity contribution in [2.75, 3.05) is 0 Å². The number of amides is 2. The highest BCUT2D eigenvalue weighted by atomic mass is 16.5. The lowest BCUT2D eigenvalue weighted by Crippen LogP contribution is -2.19. The van der Waals surface area contributed by atoms with Gasteiger partial charge in [-0.2, -0.15) is 0 Å². The van der Waals surface area contributed by atoms with Gasteiger partial charge in [-0.3, -0.25) is 14.9 Å². The minimum atomic E-state index is -0.855. The van der Waals surface area contributed by atoms with E-state index in [1.807, 2.05) is 0 Å². The molecule has 1 N–H and O–H groups in total. The van der Waals surface area contributed by atoms with E-state index in [9.17, 15) is 19.2 Å². The number of fused-ring (bicyclic) bond motifs is 1. The predicted octanol–water partition coefficient (Wildman–Crippen LogP) is 3.01. The van der Waals surface area contributed by atoms with Crippen molar-refractivity contribution in [1.82, 2.24) is 5.32 Å². The fourth-order valence-electron chi connectivity index (χ4n) is 2.85. The molecule has 29 heavy (non-hydrogen) atoms. The molecule has 1 aliphatic heterocycles. The quantitative estimate of drug-likeness (QED) is 0.420. The average Bonchev–Trinajstić information content (AvgIpc) is 3.01. The zero-order valence-corrected chi connectivity index (χ0v) is 14.9. The van der Waals surface area contributed by atoms with E-state index in [4.69, 9.17) is 9.47 Å².